The minimum absolute atomic E-state index is 0.108. The molecular weight excluding hydrogens is 436 g/mol. The zero-order valence-electron chi connectivity index (χ0n) is 18.8. The Labute approximate surface area is 188 Å². The molecule has 0 radical (unpaired) electrons. The summed E-state index contributed by atoms with van der Waals surface area (Å²) in [7, 11) is -0.863. The molecule has 9 nitrogen and oxygen atoms in total. The summed E-state index contributed by atoms with van der Waals surface area (Å²) in [5.41, 5.74) is 0.954. The van der Waals surface area contributed by atoms with Gasteiger partial charge in [-0.1, -0.05) is 26.0 Å². The van der Waals surface area contributed by atoms with Crippen molar-refractivity contribution < 1.29 is 32.2 Å². The highest BCUT2D eigenvalue weighted by Gasteiger charge is 2.24. The van der Waals surface area contributed by atoms with Gasteiger partial charge in [-0.3, -0.25) is 4.79 Å². The number of aryl methyl sites for hydroxylation is 1. The number of carbonyl (C=O) groups excluding carboxylic acids is 2. The summed E-state index contributed by atoms with van der Waals surface area (Å²) >= 11 is 0. The van der Waals surface area contributed by atoms with Crippen LogP contribution in [0.5, 0.6) is 11.5 Å². The molecule has 2 aromatic rings. The number of ether oxygens (including phenoxy) is 3. The lowest BCUT2D eigenvalue weighted by atomic mass is 10.2. The van der Waals surface area contributed by atoms with Gasteiger partial charge in [-0.15, -0.1) is 0 Å². The zero-order valence-corrected chi connectivity index (χ0v) is 19.6. The molecule has 0 atom stereocenters. The molecule has 0 spiro atoms. The van der Waals surface area contributed by atoms with E-state index in [9.17, 15) is 18.0 Å². The second-order valence-electron chi connectivity index (χ2n) is 6.73. The van der Waals surface area contributed by atoms with Crippen LogP contribution in [-0.2, 0) is 19.6 Å². The number of benzene rings is 2. The first kappa shape index (κ1) is 25.2. The number of methoxy groups -OCH3 is 2. The molecule has 0 bridgehead atoms. The summed E-state index contributed by atoms with van der Waals surface area (Å²) in [5.74, 6) is -0.821. The smallest absolute Gasteiger partial charge is 0.342 e. The number of carbonyl (C=O) groups is 2. The molecule has 0 saturated heterocycles. The summed E-state index contributed by atoms with van der Waals surface area (Å²) in [6, 6.07) is 9.31. The number of para-hydroxylation sites is 1. The molecule has 0 saturated carbocycles. The van der Waals surface area contributed by atoms with Crippen molar-refractivity contribution in [3.8, 4) is 11.5 Å². The zero-order chi connectivity index (χ0) is 23.9. The van der Waals surface area contributed by atoms with E-state index in [4.69, 9.17) is 14.2 Å². The minimum atomic E-state index is -3.70. The highest BCUT2D eigenvalue weighted by atomic mass is 32.2. The Bertz CT molecular complexity index is 1080. The topological polar surface area (TPSA) is 111 Å². The van der Waals surface area contributed by atoms with Gasteiger partial charge in [0.25, 0.3) is 5.91 Å². The van der Waals surface area contributed by atoms with E-state index in [0.29, 0.717) is 24.4 Å². The molecule has 0 heterocycles. The van der Waals surface area contributed by atoms with Gasteiger partial charge in [-0.05, 0) is 36.8 Å². The summed E-state index contributed by atoms with van der Waals surface area (Å²) in [6.07, 6.45) is 0. The van der Waals surface area contributed by atoms with E-state index in [-0.39, 0.29) is 21.9 Å². The standard InChI is InChI=1S/C22H28N2O7S/c1-6-24(7-2)32(27,28)19-13-16(12-11-15(19)3)23-20(25)14-31-22(26)17-9-8-10-18(29-4)21(17)30-5/h8-13H,6-7,14H2,1-5H3,(H,23,25). The second kappa shape index (κ2) is 11.0. The van der Waals surface area contributed by atoms with Gasteiger partial charge in [0, 0.05) is 18.8 Å². The van der Waals surface area contributed by atoms with Crippen molar-refractivity contribution in [3.05, 3.63) is 47.5 Å². The van der Waals surface area contributed by atoms with Crippen LogP contribution in [0.2, 0.25) is 0 Å². The third-order valence-corrected chi connectivity index (χ3v) is 6.94. The molecule has 0 fully saturated rings. The van der Waals surface area contributed by atoms with Crippen molar-refractivity contribution in [2.75, 3.05) is 39.2 Å². The van der Waals surface area contributed by atoms with E-state index in [1.807, 2.05) is 0 Å². The molecule has 0 aliphatic heterocycles. The van der Waals surface area contributed by atoms with Crippen LogP contribution in [-0.4, -0.2) is 58.5 Å². The van der Waals surface area contributed by atoms with Crippen molar-refractivity contribution in [1.82, 2.24) is 4.31 Å². The predicted octanol–water partition coefficient (Wildman–Crippen LogP) is 2.84. The van der Waals surface area contributed by atoms with Gasteiger partial charge >= 0.3 is 5.97 Å². The number of nitrogens with one attached hydrogen (secondary N) is 1. The third kappa shape index (κ3) is 5.57. The van der Waals surface area contributed by atoms with Crippen LogP contribution >= 0.6 is 0 Å². The lowest BCUT2D eigenvalue weighted by Crippen LogP contribution is -2.31. The van der Waals surface area contributed by atoms with Crippen LogP contribution in [0, 0.1) is 6.92 Å². The number of esters is 1. The molecule has 2 aromatic carbocycles. The van der Waals surface area contributed by atoms with E-state index in [1.54, 1.807) is 45.0 Å². The Morgan fingerprint density at radius 3 is 2.31 bits per heavy atom. The third-order valence-electron chi connectivity index (χ3n) is 4.75. The van der Waals surface area contributed by atoms with Gasteiger partial charge in [-0.25, -0.2) is 13.2 Å². The van der Waals surface area contributed by atoms with Crippen LogP contribution in [0.1, 0.15) is 29.8 Å². The Morgan fingerprint density at radius 1 is 1.03 bits per heavy atom. The van der Waals surface area contributed by atoms with Crippen molar-refractivity contribution >= 4 is 27.6 Å². The minimum Gasteiger partial charge on any atom is -0.493 e. The number of anilines is 1. The van der Waals surface area contributed by atoms with Crippen molar-refractivity contribution in [2.24, 2.45) is 0 Å². The number of sulfonamides is 1. The molecular formula is C22H28N2O7S. The maximum atomic E-state index is 12.9. The molecule has 0 unspecified atom stereocenters. The first-order chi connectivity index (χ1) is 15.2. The number of nitrogens with zero attached hydrogens (tertiary/aromatic N) is 1. The fourth-order valence-corrected chi connectivity index (χ4v) is 4.82. The van der Waals surface area contributed by atoms with E-state index >= 15 is 0 Å². The average Bonchev–Trinajstić information content (AvgIpc) is 2.78. The van der Waals surface area contributed by atoms with Crippen LogP contribution in [0.25, 0.3) is 0 Å². The SMILES string of the molecule is CCN(CC)S(=O)(=O)c1cc(NC(=O)COC(=O)c2cccc(OC)c2OC)ccc1C. The van der Waals surface area contributed by atoms with Crippen molar-refractivity contribution in [2.45, 2.75) is 25.7 Å². The molecule has 0 aliphatic carbocycles. The predicted molar refractivity (Wildman–Crippen MR) is 120 cm³/mol. The fourth-order valence-electron chi connectivity index (χ4n) is 3.11. The molecule has 1 N–H and O–H groups in total. The summed E-state index contributed by atoms with van der Waals surface area (Å²) < 4.78 is 42.5. The molecule has 0 aromatic heterocycles. The lowest BCUT2D eigenvalue weighted by Gasteiger charge is -2.20. The number of rotatable bonds is 10. The van der Waals surface area contributed by atoms with E-state index < -0.39 is 28.5 Å². The maximum absolute atomic E-state index is 12.9. The average molecular weight is 465 g/mol. The number of hydrogen-bond donors (Lipinski definition) is 1. The second-order valence-corrected chi connectivity index (χ2v) is 8.64. The Balaban J connectivity index is 2.12. The van der Waals surface area contributed by atoms with Crippen LogP contribution < -0.4 is 14.8 Å². The lowest BCUT2D eigenvalue weighted by molar-refractivity contribution is -0.119. The van der Waals surface area contributed by atoms with Gasteiger partial charge in [-0.2, -0.15) is 4.31 Å². The highest BCUT2D eigenvalue weighted by Crippen LogP contribution is 2.31. The highest BCUT2D eigenvalue weighted by molar-refractivity contribution is 7.89. The van der Waals surface area contributed by atoms with Crippen LogP contribution in [0.4, 0.5) is 5.69 Å². The normalized spacial score (nSPS) is 11.2. The van der Waals surface area contributed by atoms with Gasteiger partial charge < -0.3 is 19.5 Å². The molecule has 174 valence electrons. The summed E-state index contributed by atoms with van der Waals surface area (Å²) in [6.45, 7) is 5.30. The van der Waals surface area contributed by atoms with Gasteiger partial charge in [0.15, 0.2) is 18.1 Å². The molecule has 0 aliphatic rings. The largest absolute Gasteiger partial charge is 0.493 e. The van der Waals surface area contributed by atoms with Crippen molar-refractivity contribution in [1.29, 1.82) is 0 Å². The summed E-state index contributed by atoms with van der Waals surface area (Å²) in [5, 5.41) is 2.56. The molecule has 2 rings (SSSR count). The summed E-state index contributed by atoms with van der Waals surface area (Å²) in [4.78, 5) is 24.8. The Kier molecular flexibility index (Phi) is 8.62. The fraction of sp³-hybridized carbons (Fsp3) is 0.364. The molecule has 1 amide bonds. The maximum Gasteiger partial charge on any atom is 0.342 e. The van der Waals surface area contributed by atoms with Gasteiger partial charge in [0.2, 0.25) is 10.0 Å². The van der Waals surface area contributed by atoms with Crippen LogP contribution in [0.3, 0.4) is 0 Å². The monoisotopic (exact) mass is 464 g/mol. The Morgan fingerprint density at radius 2 is 1.72 bits per heavy atom. The van der Waals surface area contributed by atoms with Crippen LogP contribution in [0.15, 0.2) is 41.3 Å². The van der Waals surface area contributed by atoms with E-state index in [2.05, 4.69) is 5.32 Å². The van der Waals surface area contributed by atoms with Crippen molar-refractivity contribution in [3.63, 3.8) is 0 Å². The molecule has 10 heteroatoms. The van der Waals surface area contributed by atoms with E-state index in [0.717, 1.165) is 0 Å². The quantitative estimate of drug-likeness (QED) is 0.538. The first-order valence-corrected chi connectivity index (χ1v) is 11.4. The van der Waals surface area contributed by atoms with Gasteiger partial charge in [0.05, 0.1) is 19.1 Å². The first-order valence-electron chi connectivity index (χ1n) is 9.98. The Hall–Kier alpha value is -3.11. The number of amides is 1. The van der Waals surface area contributed by atoms with Gasteiger partial charge in [0.1, 0.15) is 5.56 Å². The van der Waals surface area contributed by atoms with E-state index in [1.165, 1.54) is 30.7 Å². The molecule has 32 heavy (non-hydrogen) atoms. The number of hydrogen-bond acceptors (Lipinski definition) is 7.